The molecule has 7 heteroatoms. The van der Waals surface area contributed by atoms with Crippen LogP contribution < -0.4 is 5.32 Å². The number of carbonyl (C=O) groups is 1. The second kappa shape index (κ2) is 6.85. The number of amides is 1. The van der Waals surface area contributed by atoms with Gasteiger partial charge in [0.2, 0.25) is 11.9 Å². The van der Waals surface area contributed by atoms with Gasteiger partial charge in [-0.25, -0.2) is 4.52 Å². The lowest BCUT2D eigenvalue weighted by Gasteiger charge is -2.53. The van der Waals surface area contributed by atoms with Gasteiger partial charge in [0.05, 0.1) is 6.07 Å². The summed E-state index contributed by atoms with van der Waals surface area (Å²) in [6.07, 6.45) is 7.37. The summed E-state index contributed by atoms with van der Waals surface area (Å²) in [5, 5.41) is 16.2. The summed E-state index contributed by atoms with van der Waals surface area (Å²) in [5.41, 5.74) is 2.47. The molecule has 1 aliphatic heterocycles. The third kappa shape index (κ3) is 3.26. The van der Waals surface area contributed by atoms with E-state index in [0.29, 0.717) is 23.7 Å². The maximum Gasteiger partial charge on any atom is 0.249 e. The van der Waals surface area contributed by atoms with E-state index in [1.54, 1.807) is 0 Å². The number of rotatable bonds is 5. The number of fused-ring (bicyclic) bond motifs is 1. The van der Waals surface area contributed by atoms with Crippen molar-refractivity contribution in [1.82, 2.24) is 19.5 Å². The molecule has 1 spiro atoms. The lowest BCUT2D eigenvalue weighted by atomic mass is 9.65. The minimum absolute atomic E-state index is 0.0444. The number of hydrogen-bond acceptors (Lipinski definition) is 5. The van der Waals surface area contributed by atoms with E-state index in [-0.39, 0.29) is 11.8 Å². The Morgan fingerprint density at radius 3 is 2.75 bits per heavy atom. The number of nitriles is 1. The van der Waals surface area contributed by atoms with Crippen LogP contribution in [0.1, 0.15) is 56.6 Å². The molecule has 5 rings (SSSR count). The standard InChI is InChI=1S/C21H26N6O/c22-11-2-12-26-13-21(14-26)9-7-15(8-10-21)17-3-1-4-18-23-20(25-27(17)18)24-19(28)16-5-6-16/h1,3-4,15-16H,2,5-10,12-14H2,(H,24,25,28). The first kappa shape index (κ1) is 17.6. The molecule has 2 saturated carbocycles. The third-order valence-corrected chi connectivity index (χ3v) is 6.69. The number of hydrogen-bond donors (Lipinski definition) is 1. The van der Waals surface area contributed by atoms with Gasteiger partial charge in [0, 0.05) is 43.6 Å². The van der Waals surface area contributed by atoms with Crippen LogP contribution in [0, 0.1) is 22.7 Å². The van der Waals surface area contributed by atoms with Crippen LogP contribution >= 0.6 is 0 Å². The third-order valence-electron chi connectivity index (χ3n) is 6.69. The Balaban J connectivity index is 1.26. The fourth-order valence-corrected chi connectivity index (χ4v) is 4.96. The molecule has 3 heterocycles. The fraction of sp³-hybridized carbons (Fsp3) is 0.619. The zero-order valence-corrected chi connectivity index (χ0v) is 16.1. The Labute approximate surface area is 164 Å². The molecule has 2 aliphatic carbocycles. The molecule has 0 unspecified atom stereocenters. The molecule has 1 N–H and O–H groups in total. The molecule has 1 amide bonds. The minimum atomic E-state index is 0.0444. The first-order chi connectivity index (χ1) is 13.7. The Bertz CT molecular complexity index is 924. The fourth-order valence-electron chi connectivity index (χ4n) is 4.96. The highest BCUT2D eigenvalue weighted by Gasteiger charge is 2.45. The topological polar surface area (TPSA) is 86.3 Å². The first-order valence-corrected chi connectivity index (χ1v) is 10.4. The summed E-state index contributed by atoms with van der Waals surface area (Å²) < 4.78 is 1.92. The van der Waals surface area contributed by atoms with Gasteiger partial charge in [-0.1, -0.05) is 6.07 Å². The Morgan fingerprint density at radius 2 is 2.04 bits per heavy atom. The molecule has 28 heavy (non-hydrogen) atoms. The molecule has 7 nitrogen and oxygen atoms in total. The molecule has 3 fully saturated rings. The number of nitrogens with zero attached hydrogens (tertiary/aromatic N) is 5. The molecule has 0 atom stereocenters. The summed E-state index contributed by atoms with van der Waals surface area (Å²) in [6.45, 7) is 3.20. The van der Waals surface area contributed by atoms with Crippen molar-refractivity contribution >= 4 is 17.5 Å². The summed E-state index contributed by atoms with van der Waals surface area (Å²) in [5.74, 6) is 1.10. The molecule has 0 radical (unpaired) electrons. The second-order valence-electron chi connectivity index (χ2n) is 8.81. The lowest BCUT2D eigenvalue weighted by molar-refractivity contribution is -0.117. The normalized spacial score (nSPS) is 22.1. The van der Waals surface area contributed by atoms with Crippen molar-refractivity contribution in [2.75, 3.05) is 25.0 Å². The van der Waals surface area contributed by atoms with Gasteiger partial charge in [-0.15, -0.1) is 5.10 Å². The second-order valence-corrected chi connectivity index (χ2v) is 8.81. The van der Waals surface area contributed by atoms with Crippen molar-refractivity contribution in [3.05, 3.63) is 23.9 Å². The van der Waals surface area contributed by atoms with Crippen LogP contribution in [-0.4, -0.2) is 45.0 Å². The van der Waals surface area contributed by atoms with Crippen LogP contribution in [0.2, 0.25) is 0 Å². The van der Waals surface area contributed by atoms with Crippen molar-refractivity contribution in [3.8, 4) is 6.07 Å². The minimum Gasteiger partial charge on any atom is -0.301 e. The van der Waals surface area contributed by atoms with Crippen molar-refractivity contribution < 1.29 is 4.79 Å². The van der Waals surface area contributed by atoms with Gasteiger partial charge in [0.15, 0.2) is 5.65 Å². The van der Waals surface area contributed by atoms with Gasteiger partial charge in [-0.3, -0.25) is 10.1 Å². The number of carbonyl (C=O) groups excluding carboxylic acids is 1. The molecule has 0 aromatic carbocycles. The predicted octanol–water partition coefficient (Wildman–Crippen LogP) is 2.95. The van der Waals surface area contributed by atoms with E-state index in [1.807, 2.05) is 16.6 Å². The van der Waals surface area contributed by atoms with E-state index in [4.69, 9.17) is 5.26 Å². The van der Waals surface area contributed by atoms with Gasteiger partial charge in [0.1, 0.15) is 0 Å². The summed E-state index contributed by atoms with van der Waals surface area (Å²) in [7, 11) is 0. The number of aromatic nitrogens is 3. The Morgan fingerprint density at radius 1 is 1.25 bits per heavy atom. The van der Waals surface area contributed by atoms with Crippen LogP contribution in [0.4, 0.5) is 5.95 Å². The van der Waals surface area contributed by atoms with Crippen LogP contribution in [0.3, 0.4) is 0 Å². The molecule has 1 saturated heterocycles. The largest absolute Gasteiger partial charge is 0.301 e. The van der Waals surface area contributed by atoms with Gasteiger partial charge in [-0.2, -0.15) is 10.2 Å². The molecule has 2 aromatic heterocycles. The van der Waals surface area contributed by atoms with Gasteiger partial charge >= 0.3 is 0 Å². The number of nitrogens with one attached hydrogen (secondary N) is 1. The van der Waals surface area contributed by atoms with Crippen molar-refractivity contribution in [1.29, 1.82) is 5.26 Å². The number of likely N-dealkylation sites (tertiary alicyclic amines) is 1. The highest BCUT2D eigenvalue weighted by Crippen LogP contribution is 2.48. The van der Waals surface area contributed by atoms with Crippen molar-refractivity contribution in [3.63, 3.8) is 0 Å². The molecule has 3 aliphatic rings. The predicted molar refractivity (Wildman–Crippen MR) is 105 cm³/mol. The van der Waals surface area contributed by atoms with Gasteiger partial charge < -0.3 is 4.90 Å². The molecule has 146 valence electrons. The molecular weight excluding hydrogens is 352 g/mol. The monoisotopic (exact) mass is 378 g/mol. The quantitative estimate of drug-likeness (QED) is 0.864. The number of anilines is 1. The Kier molecular flexibility index (Phi) is 4.31. The van der Waals surface area contributed by atoms with Crippen LogP contribution in [0.5, 0.6) is 0 Å². The maximum atomic E-state index is 12.0. The molecular formula is C21H26N6O. The lowest BCUT2D eigenvalue weighted by Crippen LogP contribution is -2.57. The average molecular weight is 378 g/mol. The highest BCUT2D eigenvalue weighted by atomic mass is 16.2. The summed E-state index contributed by atoms with van der Waals surface area (Å²) in [4.78, 5) is 18.9. The molecule has 0 bridgehead atoms. The van der Waals surface area contributed by atoms with E-state index < -0.39 is 0 Å². The van der Waals surface area contributed by atoms with Crippen molar-refractivity contribution in [2.45, 2.75) is 50.9 Å². The van der Waals surface area contributed by atoms with Crippen LogP contribution in [-0.2, 0) is 4.79 Å². The average Bonchev–Trinajstić information content (AvgIpc) is 3.45. The highest BCUT2D eigenvalue weighted by molar-refractivity contribution is 5.92. The summed E-state index contributed by atoms with van der Waals surface area (Å²) >= 11 is 0. The smallest absolute Gasteiger partial charge is 0.249 e. The van der Waals surface area contributed by atoms with Crippen molar-refractivity contribution in [2.24, 2.45) is 11.3 Å². The maximum absolute atomic E-state index is 12.0. The van der Waals surface area contributed by atoms with E-state index in [2.05, 4.69) is 32.4 Å². The van der Waals surface area contributed by atoms with E-state index >= 15 is 0 Å². The molecule has 2 aromatic rings. The first-order valence-electron chi connectivity index (χ1n) is 10.4. The zero-order valence-electron chi connectivity index (χ0n) is 16.1. The van der Waals surface area contributed by atoms with E-state index in [1.165, 1.54) is 18.5 Å². The summed E-state index contributed by atoms with van der Waals surface area (Å²) in [6, 6.07) is 8.39. The SMILES string of the molecule is N#CCCN1CC2(CCC(c3cccc4nc(NC(=O)C5CC5)nn34)CC2)C1. The van der Waals surface area contributed by atoms with E-state index in [0.717, 1.165) is 51.0 Å². The number of pyridine rings is 1. The van der Waals surface area contributed by atoms with E-state index in [9.17, 15) is 4.79 Å². The van der Waals surface area contributed by atoms with Gasteiger partial charge in [-0.05, 0) is 56.1 Å². The van der Waals surface area contributed by atoms with Crippen LogP contribution in [0.15, 0.2) is 18.2 Å². The Hall–Kier alpha value is -2.46. The zero-order chi connectivity index (χ0) is 19.1. The van der Waals surface area contributed by atoms with Gasteiger partial charge in [0.25, 0.3) is 0 Å². The van der Waals surface area contributed by atoms with Crippen LogP contribution in [0.25, 0.3) is 5.65 Å².